The van der Waals surface area contributed by atoms with Crippen molar-refractivity contribution in [2.45, 2.75) is 11.3 Å². The normalized spacial score (nSPS) is 15.1. The predicted octanol–water partition coefficient (Wildman–Crippen LogP) is 3.46. The van der Waals surface area contributed by atoms with Crippen molar-refractivity contribution in [1.82, 2.24) is 5.43 Å². The van der Waals surface area contributed by atoms with Gasteiger partial charge >= 0.3 is 0 Å². The lowest BCUT2D eigenvalue weighted by atomic mass is 10.1. The maximum atomic E-state index is 13.4. The molecule has 3 rings (SSSR count). The first-order valence-electron chi connectivity index (χ1n) is 7.11. The average molecular weight is 330 g/mol. The molecule has 6 heteroatoms. The third kappa shape index (κ3) is 3.53. The first-order chi connectivity index (χ1) is 11.2. The molecule has 0 aliphatic carbocycles. The highest BCUT2D eigenvalue weighted by Crippen LogP contribution is 2.30. The van der Waals surface area contributed by atoms with E-state index in [0.717, 1.165) is 16.2 Å². The quantitative estimate of drug-likeness (QED) is 0.877. The number of halogens is 1. The fourth-order valence-corrected chi connectivity index (χ4v) is 3.30. The van der Waals surface area contributed by atoms with Gasteiger partial charge in [0.25, 0.3) is 5.91 Å². The van der Waals surface area contributed by atoms with E-state index < -0.39 is 0 Å². The third-order valence-electron chi connectivity index (χ3n) is 3.49. The van der Waals surface area contributed by atoms with Crippen molar-refractivity contribution in [3.63, 3.8) is 0 Å². The highest BCUT2D eigenvalue weighted by Gasteiger charge is 2.17. The Morgan fingerprint density at radius 3 is 2.78 bits per heavy atom. The largest absolute Gasteiger partial charge is 0.497 e. The van der Waals surface area contributed by atoms with Crippen LogP contribution in [0.4, 0.5) is 4.39 Å². The number of hydrogen-bond donors (Lipinski definition) is 1. The summed E-state index contributed by atoms with van der Waals surface area (Å²) in [7, 11) is 1.57. The first-order valence-corrected chi connectivity index (χ1v) is 8.09. The Labute approximate surface area is 137 Å². The van der Waals surface area contributed by atoms with Crippen LogP contribution in [0, 0.1) is 5.82 Å². The maximum absolute atomic E-state index is 13.4. The first kappa shape index (κ1) is 15.6. The molecule has 0 saturated carbocycles. The van der Waals surface area contributed by atoms with E-state index in [-0.39, 0.29) is 11.7 Å². The molecule has 0 aromatic heterocycles. The number of nitrogens with one attached hydrogen (secondary N) is 1. The number of carbonyl (C=O) groups is 1. The van der Waals surface area contributed by atoms with Crippen molar-refractivity contribution in [3.8, 4) is 5.75 Å². The van der Waals surface area contributed by atoms with Crippen LogP contribution in [-0.2, 0) is 0 Å². The summed E-state index contributed by atoms with van der Waals surface area (Å²) >= 11 is 1.66. The molecule has 0 saturated heterocycles. The minimum Gasteiger partial charge on any atom is -0.497 e. The number of hydrogen-bond acceptors (Lipinski definition) is 4. The minimum absolute atomic E-state index is 0.305. The Morgan fingerprint density at radius 1 is 1.26 bits per heavy atom. The van der Waals surface area contributed by atoms with Gasteiger partial charge < -0.3 is 4.74 Å². The Hall–Kier alpha value is -2.34. The van der Waals surface area contributed by atoms with Gasteiger partial charge in [0.15, 0.2) is 0 Å². The van der Waals surface area contributed by atoms with E-state index in [4.69, 9.17) is 4.74 Å². The summed E-state index contributed by atoms with van der Waals surface area (Å²) in [5, 5.41) is 4.19. The predicted molar refractivity (Wildman–Crippen MR) is 88.7 cm³/mol. The number of amides is 1. The molecule has 0 atom stereocenters. The number of methoxy groups -OCH3 is 1. The van der Waals surface area contributed by atoms with Crippen LogP contribution in [0.1, 0.15) is 22.3 Å². The van der Waals surface area contributed by atoms with Gasteiger partial charge in [-0.1, -0.05) is 0 Å². The zero-order valence-electron chi connectivity index (χ0n) is 12.5. The summed E-state index contributed by atoms with van der Waals surface area (Å²) in [5.41, 5.74) is 4.47. The Kier molecular flexibility index (Phi) is 4.62. The second-order valence-electron chi connectivity index (χ2n) is 4.97. The van der Waals surface area contributed by atoms with Crippen LogP contribution in [0.25, 0.3) is 0 Å². The van der Waals surface area contributed by atoms with Crippen LogP contribution in [0.5, 0.6) is 5.75 Å². The van der Waals surface area contributed by atoms with Crippen molar-refractivity contribution in [2.75, 3.05) is 12.9 Å². The molecule has 2 aromatic rings. The van der Waals surface area contributed by atoms with E-state index in [1.165, 1.54) is 12.1 Å². The standard InChI is InChI=1S/C17H15FN2O2S/c1-22-13-5-2-11(3-6-13)17(21)20-19-15-8-9-23-16-7-4-12(18)10-14(15)16/h2-7,10H,8-9H2,1H3,(H,20,21)/b19-15-. The molecule has 0 fully saturated rings. The fourth-order valence-electron chi connectivity index (χ4n) is 2.29. The minimum atomic E-state index is -0.309. The number of thioether (sulfide) groups is 1. The summed E-state index contributed by atoms with van der Waals surface area (Å²) in [6, 6.07) is 11.4. The van der Waals surface area contributed by atoms with E-state index in [9.17, 15) is 9.18 Å². The molecule has 0 unspecified atom stereocenters. The number of benzene rings is 2. The number of nitrogens with zero attached hydrogens (tertiary/aromatic N) is 1. The molecule has 1 aliphatic heterocycles. The van der Waals surface area contributed by atoms with Gasteiger partial charge in [0.2, 0.25) is 0 Å². The molecule has 4 nitrogen and oxygen atoms in total. The second kappa shape index (κ2) is 6.83. The second-order valence-corrected chi connectivity index (χ2v) is 6.10. The van der Waals surface area contributed by atoms with Crippen molar-refractivity contribution < 1.29 is 13.9 Å². The lowest BCUT2D eigenvalue weighted by Gasteiger charge is -2.17. The summed E-state index contributed by atoms with van der Waals surface area (Å²) in [6.07, 6.45) is 0.685. The summed E-state index contributed by atoms with van der Waals surface area (Å²) < 4.78 is 18.5. The molecule has 0 spiro atoms. The van der Waals surface area contributed by atoms with Gasteiger partial charge in [-0.2, -0.15) is 5.10 Å². The topological polar surface area (TPSA) is 50.7 Å². The molecular formula is C17H15FN2O2S. The number of ether oxygens (including phenoxy) is 1. The summed E-state index contributed by atoms with van der Waals surface area (Å²) in [6.45, 7) is 0. The smallest absolute Gasteiger partial charge is 0.271 e. The third-order valence-corrected chi connectivity index (χ3v) is 4.57. The molecular weight excluding hydrogens is 315 g/mol. The van der Waals surface area contributed by atoms with Crippen LogP contribution in [0.15, 0.2) is 52.5 Å². The van der Waals surface area contributed by atoms with E-state index in [2.05, 4.69) is 10.5 Å². The van der Waals surface area contributed by atoms with Crippen molar-refractivity contribution >= 4 is 23.4 Å². The van der Waals surface area contributed by atoms with Gasteiger partial charge in [0.05, 0.1) is 12.8 Å². The maximum Gasteiger partial charge on any atom is 0.271 e. The average Bonchev–Trinajstić information content (AvgIpc) is 2.59. The number of carbonyl (C=O) groups excluding carboxylic acids is 1. The fraction of sp³-hybridized carbons (Fsp3) is 0.176. The van der Waals surface area contributed by atoms with E-state index >= 15 is 0 Å². The van der Waals surface area contributed by atoms with Gasteiger partial charge in [0, 0.05) is 28.2 Å². The highest BCUT2D eigenvalue weighted by molar-refractivity contribution is 7.99. The zero-order valence-corrected chi connectivity index (χ0v) is 13.3. The van der Waals surface area contributed by atoms with Crippen molar-refractivity contribution in [1.29, 1.82) is 0 Å². The van der Waals surface area contributed by atoms with Gasteiger partial charge in [-0.25, -0.2) is 9.82 Å². The van der Waals surface area contributed by atoms with Gasteiger partial charge in [-0.3, -0.25) is 4.79 Å². The molecule has 1 N–H and O–H groups in total. The molecule has 1 amide bonds. The zero-order chi connectivity index (χ0) is 16.2. The summed E-state index contributed by atoms with van der Waals surface area (Å²) in [4.78, 5) is 13.1. The monoisotopic (exact) mass is 330 g/mol. The summed E-state index contributed by atoms with van der Waals surface area (Å²) in [5.74, 6) is 0.925. The van der Waals surface area contributed by atoms with Crippen LogP contribution < -0.4 is 10.2 Å². The molecule has 1 aliphatic rings. The molecule has 2 aromatic carbocycles. The van der Waals surface area contributed by atoms with Gasteiger partial charge in [0.1, 0.15) is 11.6 Å². The SMILES string of the molecule is COc1ccc(C(=O)N/N=C2/CCSc3ccc(F)cc32)cc1. The molecule has 1 heterocycles. The number of fused-ring (bicyclic) bond motifs is 1. The van der Waals surface area contributed by atoms with E-state index in [0.29, 0.717) is 23.4 Å². The lowest BCUT2D eigenvalue weighted by molar-refractivity contribution is 0.0955. The highest BCUT2D eigenvalue weighted by atomic mass is 32.2. The van der Waals surface area contributed by atoms with E-state index in [1.54, 1.807) is 49.2 Å². The molecule has 23 heavy (non-hydrogen) atoms. The van der Waals surface area contributed by atoms with Crippen LogP contribution in [0.2, 0.25) is 0 Å². The number of hydrazone groups is 1. The molecule has 118 valence electrons. The van der Waals surface area contributed by atoms with Gasteiger partial charge in [-0.15, -0.1) is 11.8 Å². The Morgan fingerprint density at radius 2 is 2.04 bits per heavy atom. The molecule has 0 radical (unpaired) electrons. The Balaban J connectivity index is 1.78. The Bertz CT molecular complexity index is 760. The van der Waals surface area contributed by atoms with E-state index in [1.807, 2.05) is 0 Å². The lowest BCUT2D eigenvalue weighted by Crippen LogP contribution is -2.21. The van der Waals surface area contributed by atoms with Crippen molar-refractivity contribution in [2.24, 2.45) is 5.10 Å². The van der Waals surface area contributed by atoms with Crippen LogP contribution in [-0.4, -0.2) is 24.5 Å². The van der Waals surface area contributed by atoms with Crippen LogP contribution >= 0.6 is 11.8 Å². The van der Waals surface area contributed by atoms with Crippen LogP contribution in [0.3, 0.4) is 0 Å². The van der Waals surface area contributed by atoms with Crippen molar-refractivity contribution in [3.05, 3.63) is 59.4 Å². The van der Waals surface area contributed by atoms with Gasteiger partial charge in [-0.05, 0) is 42.5 Å². The molecule has 0 bridgehead atoms. The number of rotatable bonds is 3.